The standard InChI is InChI=1S/C12H9ClN2O4/c13-6-3-9(14-5-6)11(17)15-7-1-2-8(12(18)19)10(16)4-7/h1-5,14,16H,(H,15,17)(H,18,19). The van der Waals surface area contributed by atoms with Gasteiger partial charge in [0.15, 0.2) is 0 Å². The van der Waals surface area contributed by atoms with E-state index in [2.05, 4.69) is 10.3 Å². The smallest absolute Gasteiger partial charge is 0.339 e. The molecule has 0 spiro atoms. The molecular weight excluding hydrogens is 272 g/mol. The second-order valence-electron chi connectivity index (χ2n) is 3.72. The number of amides is 1. The highest BCUT2D eigenvalue weighted by molar-refractivity contribution is 6.31. The van der Waals surface area contributed by atoms with Gasteiger partial charge in [0.1, 0.15) is 17.0 Å². The third-order valence-corrected chi connectivity index (χ3v) is 2.60. The Balaban J connectivity index is 2.18. The molecule has 1 heterocycles. The summed E-state index contributed by atoms with van der Waals surface area (Å²) in [6.07, 6.45) is 1.46. The van der Waals surface area contributed by atoms with Crippen LogP contribution in [-0.2, 0) is 0 Å². The second-order valence-corrected chi connectivity index (χ2v) is 4.16. The number of benzene rings is 1. The van der Waals surface area contributed by atoms with Gasteiger partial charge < -0.3 is 20.5 Å². The zero-order valence-electron chi connectivity index (χ0n) is 9.48. The van der Waals surface area contributed by atoms with E-state index < -0.39 is 17.6 Å². The van der Waals surface area contributed by atoms with Gasteiger partial charge in [0, 0.05) is 18.0 Å². The Labute approximate surface area is 112 Å². The number of hydrogen-bond donors (Lipinski definition) is 4. The van der Waals surface area contributed by atoms with Crippen molar-refractivity contribution in [1.82, 2.24) is 4.98 Å². The SMILES string of the molecule is O=C(Nc1ccc(C(=O)O)c(O)c1)c1cc(Cl)c[nH]1. The predicted molar refractivity (Wildman–Crippen MR) is 68.8 cm³/mol. The van der Waals surface area contributed by atoms with Crippen molar-refractivity contribution >= 4 is 29.2 Å². The van der Waals surface area contributed by atoms with Crippen LogP contribution < -0.4 is 5.32 Å². The van der Waals surface area contributed by atoms with E-state index in [1.54, 1.807) is 0 Å². The summed E-state index contributed by atoms with van der Waals surface area (Å²) in [6, 6.07) is 5.19. The molecule has 1 amide bonds. The van der Waals surface area contributed by atoms with Crippen molar-refractivity contribution in [3.05, 3.63) is 46.7 Å². The van der Waals surface area contributed by atoms with Gasteiger partial charge in [0.05, 0.1) is 5.02 Å². The fourth-order valence-corrected chi connectivity index (χ4v) is 1.65. The molecule has 0 bridgehead atoms. The van der Waals surface area contributed by atoms with Gasteiger partial charge in [-0.3, -0.25) is 4.79 Å². The number of aromatic nitrogens is 1. The van der Waals surface area contributed by atoms with E-state index in [9.17, 15) is 14.7 Å². The van der Waals surface area contributed by atoms with Crippen molar-refractivity contribution in [3.63, 3.8) is 0 Å². The van der Waals surface area contributed by atoms with Crippen molar-refractivity contribution in [2.24, 2.45) is 0 Å². The van der Waals surface area contributed by atoms with Crippen LogP contribution >= 0.6 is 11.6 Å². The van der Waals surface area contributed by atoms with E-state index in [4.69, 9.17) is 16.7 Å². The molecule has 0 aliphatic rings. The normalized spacial score (nSPS) is 10.2. The monoisotopic (exact) mass is 280 g/mol. The average Bonchev–Trinajstić information content (AvgIpc) is 2.75. The minimum absolute atomic E-state index is 0.235. The Bertz CT molecular complexity index is 651. The molecule has 0 fully saturated rings. The minimum atomic E-state index is -1.24. The lowest BCUT2D eigenvalue weighted by Crippen LogP contribution is -2.12. The number of aromatic hydroxyl groups is 1. The number of carboxylic acid groups (broad SMARTS) is 1. The first kappa shape index (κ1) is 13.0. The number of anilines is 1. The van der Waals surface area contributed by atoms with Gasteiger partial charge in [-0.2, -0.15) is 0 Å². The van der Waals surface area contributed by atoms with Crippen LogP contribution in [0.25, 0.3) is 0 Å². The third kappa shape index (κ3) is 2.86. The average molecular weight is 281 g/mol. The molecule has 7 heteroatoms. The molecule has 2 rings (SSSR count). The molecule has 0 saturated heterocycles. The summed E-state index contributed by atoms with van der Waals surface area (Å²) in [7, 11) is 0. The van der Waals surface area contributed by atoms with Gasteiger partial charge in [0.25, 0.3) is 5.91 Å². The molecule has 19 heavy (non-hydrogen) atoms. The summed E-state index contributed by atoms with van der Waals surface area (Å²) >= 11 is 5.67. The van der Waals surface area contributed by atoms with Gasteiger partial charge in [0.2, 0.25) is 0 Å². The predicted octanol–water partition coefficient (Wildman–Crippen LogP) is 2.32. The fourth-order valence-electron chi connectivity index (χ4n) is 1.49. The van der Waals surface area contributed by atoms with E-state index in [0.29, 0.717) is 5.02 Å². The van der Waals surface area contributed by atoms with Crippen LogP contribution in [0.2, 0.25) is 5.02 Å². The quantitative estimate of drug-likeness (QED) is 0.693. The molecule has 0 radical (unpaired) electrons. The van der Waals surface area contributed by atoms with Crippen LogP contribution in [0, 0.1) is 0 Å². The molecule has 1 aromatic carbocycles. The highest BCUT2D eigenvalue weighted by Crippen LogP contribution is 2.22. The van der Waals surface area contributed by atoms with Crippen molar-refractivity contribution in [2.75, 3.05) is 5.32 Å². The molecule has 0 saturated carbocycles. The molecule has 0 unspecified atom stereocenters. The largest absolute Gasteiger partial charge is 0.507 e. The van der Waals surface area contributed by atoms with E-state index in [0.717, 1.165) is 6.07 Å². The second kappa shape index (κ2) is 5.03. The summed E-state index contributed by atoms with van der Waals surface area (Å²) in [5, 5.41) is 21.1. The van der Waals surface area contributed by atoms with Crippen LogP contribution in [0.5, 0.6) is 5.75 Å². The zero-order chi connectivity index (χ0) is 14.0. The molecule has 4 N–H and O–H groups in total. The summed E-state index contributed by atoms with van der Waals surface area (Å²) < 4.78 is 0. The molecule has 98 valence electrons. The molecule has 6 nitrogen and oxygen atoms in total. The van der Waals surface area contributed by atoms with Crippen LogP contribution in [-0.4, -0.2) is 27.1 Å². The van der Waals surface area contributed by atoms with Crippen molar-refractivity contribution in [1.29, 1.82) is 0 Å². The summed E-state index contributed by atoms with van der Waals surface area (Å²) in [5.74, 6) is -2.12. The minimum Gasteiger partial charge on any atom is -0.507 e. The molecule has 0 atom stereocenters. The number of aromatic amines is 1. The lowest BCUT2D eigenvalue weighted by atomic mass is 10.2. The molecule has 1 aromatic heterocycles. The number of carbonyl (C=O) groups excluding carboxylic acids is 1. The van der Waals surface area contributed by atoms with Crippen molar-refractivity contribution in [2.45, 2.75) is 0 Å². The van der Waals surface area contributed by atoms with Gasteiger partial charge in [-0.1, -0.05) is 11.6 Å². The lowest BCUT2D eigenvalue weighted by Gasteiger charge is -2.06. The Kier molecular flexibility index (Phi) is 3.43. The van der Waals surface area contributed by atoms with Crippen molar-refractivity contribution < 1.29 is 19.8 Å². The fraction of sp³-hybridized carbons (Fsp3) is 0. The highest BCUT2D eigenvalue weighted by atomic mass is 35.5. The number of phenols is 1. The maximum Gasteiger partial charge on any atom is 0.339 e. The van der Waals surface area contributed by atoms with Crippen LogP contribution in [0.1, 0.15) is 20.8 Å². The van der Waals surface area contributed by atoms with E-state index >= 15 is 0 Å². The first-order valence-corrected chi connectivity index (χ1v) is 5.57. The Hall–Kier alpha value is -2.47. The Morgan fingerprint density at radius 2 is 2.00 bits per heavy atom. The maximum absolute atomic E-state index is 11.8. The number of rotatable bonds is 3. The third-order valence-electron chi connectivity index (χ3n) is 2.38. The first-order valence-electron chi connectivity index (χ1n) is 5.19. The molecule has 0 aliphatic heterocycles. The topological polar surface area (TPSA) is 102 Å². The molecule has 0 aliphatic carbocycles. The van der Waals surface area contributed by atoms with Crippen LogP contribution in [0.15, 0.2) is 30.5 Å². The summed E-state index contributed by atoms with van der Waals surface area (Å²) in [5.41, 5.74) is 0.297. The van der Waals surface area contributed by atoms with Gasteiger partial charge in [-0.05, 0) is 18.2 Å². The number of halogens is 1. The van der Waals surface area contributed by atoms with Crippen LogP contribution in [0.4, 0.5) is 5.69 Å². The Morgan fingerprint density at radius 3 is 2.53 bits per heavy atom. The lowest BCUT2D eigenvalue weighted by molar-refractivity contribution is 0.0693. The first-order chi connectivity index (χ1) is 8.97. The number of H-pyrrole nitrogens is 1. The number of nitrogens with one attached hydrogen (secondary N) is 2. The van der Waals surface area contributed by atoms with E-state index in [1.807, 2.05) is 0 Å². The van der Waals surface area contributed by atoms with Crippen molar-refractivity contribution in [3.8, 4) is 5.75 Å². The van der Waals surface area contributed by atoms with Gasteiger partial charge in [-0.15, -0.1) is 0 Å². The summed E-state index contributed by atoms with van der Waals surface area (Å²) in [6.45, 7) is 0. The molecule has 2 aromatic rings. The highest BCUT2D eigenvalue weighted by Gasteiger charge is 2.12. The number of carbonyl (C=O) groups is 2. The van der Waals surface area contributed by atoms with Crippen LogP contribution in [0.3, 0.4) is 0 Å². The van der Waals surface area contributed by atoms with Gasteiger partial charge >= 0.3 is 5.97 Å². The Morgan fingerprint density at radius 1 is 1.26 bits per heavy atom. The summed E-state index contributed by atoms with van der Waals surface area (Å²) in [4.78, 5) is 25.1. The number of aromatic carboxylic acids is 1. The van der Waals surface area contributed by atoms with E-state index in [1.165, 1.54) is 24.4 Å². The zero-order valence-corrected chi connectivity index (χ0v) is 10.2. The van der Waals surface area contributed by atoms with Gasteiger partial charge in [-0.25, -0.2) is 4.79 Å². The number of hydrogen-bond acceptors (Lipinski definition) is 3. The van der Waals surface area contributed by atoms with E-state index in [-0.39, 0.29) is 16.9 Å². The maximum atomic E-state index is 11.8. The number of carboxylic acids is 1. The molecular formula is C12H9ClN2O4.